The third-order valence-electron chi connectivity index (χ3n) is 4.33. The first-order valence-corrected chi connectivity index (χ1v) is 7.85. The summed E-state index contributed by atoms with van der Waals surface area (Å²) in [6.07, 6.45) is 8.47. The fraction of sp³-hybridized carbons (Fsp3) is 0.647. The Balaban J connectivity index is 1.67. The molecule has 0 aliphatic heterocycles. The molecule has 2 fully saturated rings. The molecular formula is C17H25NO. The van der Waals surface area contributed by atoms with Gasteiger partial charge in [0.15, 0.2) is 0 Å². The molecule has 0 saturated heterocycles. The van der Waals surface area contributed by atoms with Crippen LogP contribution >= 0.6 is 0 Å². The lowest BCUT2D eigenvalue weighted by molar-refractivity contribution is 0.261. The van der Waals surface area contributed by atoms with E-state index in [9.17, 15) is 0 Å². The maximum Gasteiger partial charge on any atom is 0.120 e. The number of rotatable bonds is 7. The van der Waals surface area contributed by atoms with Gasteiger partial charge in [0.05, 0.1) is 6.10 Å². The molecular weight excluding hydrogens is 234 g/mol. The lowest BCUT2D eigenvalue weighted by Gasteiger charge is -2.30. The molecule has 1 N–H and O–H groups in total. The van der Waals surface area contributed by atoms with Crippen LogP contribution in [0.5, 0.6) is 5.75 Å². The van der Waals surface area contributed by atoms with Crippen LogP contribution in [0.3, 0.4) is 0 Å². The highest BCUT2D eigenvalue weighted by molar-refractivity contribution is 5.31. The summed E-state index contributed by atoms with van der Waals surface area (Å²) in [5.74, 6) is 1.98. The normalized spacial score (nSPS) is 20.9. The number of benzene rings is 1. The Morgan fingerprint density at radius 2 is 2.11 bits per heavy atom. The highest BCUT2D eigenvalue weighted by atomic mass is 16.5. The van der Waals surface area contributed by atoms with Crippen molar-refractivity contribution in [3.05, 3.63) is 29.8 Å². The van der Waals surface area contributed by atoms with Crippen LogP contribution in [0, 0.1) is 5.92 Å². The van der Waals surface area contributed by atoms with E-state index in [2.05, 4.69) is 36.5 Å². The monoisotopic (exact) mass is 259 g/mol. The van der Waals surface area contributed by atoms with Gasteiger partial charge in [-0.3, -0.25) is 0 Å². The highest BCUT2D eigenvalue weighted by Crippen LogP contribution is 2.36. The zero-order valence-corrected chi connectivity index (χ0v) is 11.9. The third kappa shape index (κ3) is 3.50. The second-order valence-corrected chi connectivity index (χ2v) is 6.03. The molecule has 0 radical (unpaired) electrons. The summed E-state index contributed by atoms with van der Waals surface area (Å²) in [6, 6.07) is 9.21. The molecule has 1 aromatic rings. The molecule has 19 heavy (non-hydrogen) atoms. The largest absolute Gasteiger partial charge is 0.490 e. The Bertz CT molecular complexity index is 409. The summed E-state index contributed by atoms with van der Waals surface area (Å²) in [7, 11) is 0. The van der Waals surface area contributed by atoms with Crippen LogP contribution < -0.4 is 10.1 Å². The summed E-state index contributed by atoms with van der Waals surface area (Å²) in [5.41, 5.74) is 1.40. The standard InChI is InChI=1S/C17H25NO/c1-2-18-17(11-13-5-3-6-13)14-7-4-8-16(12-14)19-15-9-10-15/h4,7-8,12-13,15,17-18H,2-3,5-6,9-11H2,1H3. The van der Waals surface area contributed by atoms with Crippen molar-refractivity contribution in [1.82, 2.24) is 5.32 Å². The van der Waals surface area contributed by atoms with E-state index in [0.29, 0.717) is 12.1 Å². The van der Waals surface area contributed by atoms with E-state index in [4.69, 9.17) is 4.74 Å². The predicted molar refractivity (Wildman–Crippen MR) is 78.5 cm³/mol. The lowest BCUT2D eigenvalue weighted by Crippen LogP contribution is -2.25. The Hall–Kier alpha value is -1.02. The number of nitrogens with one attached hydrogen (secondary N) is 1. The molecule has 2 aliphatic carbocycles. The molecule has 2 aliphatic rings. The molecule has 1 atom stereocenters. The van der Waals surface area contributed by atoms with Crippen LogP contribution in [-0.4, -0.2) is 12.6 Å². The van der Waals surface area contributed by atoms with Gasteiger partial charge < -0.3 is 10.1 Å². The molecule has 2 nitrogen and oxygen atoms in total. The zero-order valence-electron chi connectivity index (χ0n) is 11.9. The molecule has 0 amide bonds. The van der Waals surface area contributed by atoms with Crippen LogP contribution in [0.25, 0.3) is 0 Å². The minimum absolute atomic E-state index is 0.486. The summed E-state index contributed by atoms with van der Waals surface area (Å²) < 4.78 is 5.91. The maximum absolute atomic E-state index is 5.91. The van der Waals surface area contributed by atoms with Gasteiger partial charge in [0.25, 0.3) is 0 Å². The average molecular weight is 259 g/mol. The summed E-state index contributed by atoms with van der Waals surface area (Å²) >= 11 is 0. The van der Waals surface area contributed by atoms with Gasteiger partial charge in [-0.25, -0.2) is 0 Å². The number of hydrogen-bond acceptors (Lipinski definition) is 2. The van der Waals surface area contributed by atoms with Crippen molar-refractivity contribution in [3.63, 3.8) is 0 Å². The van der Waals surface area contributed by atoms with Crippen molar-refractivity contribution >= 4 is 0 Å². The second kappa shape index (κ2) is 5.96. The predicted octanol–water partition coefficient (Wildman–Crippen LogP) is 4.07. The second-order valence-electron chi connectivity index (χ2n) is 6.03. The van der Waals surface area contributed by atoms with E-state index in [1.807, 2.05) is 0 Å². The quantitative estimate of drug-likeness (QED) is 0.797. The Kier molecular flexibility index (Phi) is 4.07. The molecule has 2 heteroatoms. The Labute approximate surface area is 116 Å². The van der Waals surface area contributed by atoms with E-state index < -0.39 is 0 Å². The topological polar surface area (TPSA) is 21.3 Å². The smallest absolute Gasteiger partial charge is 0.120 e. The first-order chi connectivity index (χ1) is 9.35. The lowest BCUT2D eigenvalue weighted by atomic mass is 9.79. The van der Waals surface area contributed by atoms with E-state index in [1.54, 1.807) is 0 Å². The SMILES string of the molecule is CCNC(CC1CCC1)c1cccc(OC2CC2)c1. The summed E-state index contributed by atoms with van der Waals surface area (Å²) in [4.78, 5) is 0. The van der Waals surface area contributed by atoms with Crippen LogP contribution in [-0.2, 0) is 0 Å². The number of hydrogen-bond donors (Lipinski definition) is 1. The molecule has 1 aromatic carbocycles. The molecule has 0 heterocycles. The van der Waals surface area contributed by atoms with E-state index >= 15 is 0 Å². The maximum atomic E-state index is 5.91. The van der Waals surface area contributed by atoms with E-state index in [1.165, 1.54) is 44.1 Å². The number of ether oxygens (including phenoxy) is 1. The molecule has 0 bridgehead atoms. The summed E-state index contributed by atoms with van der Waals surface area (Å²) in [5, 5.41) is 3.64. The van der Waals surface area contributed by atoms with Gasteiger partial charge in [-0.1, -0.05) is 38.3 Å². The fourth-order valence-corrected chi connectivity index (χ4v) is 2.83. The molecule has 104 valence electrons. The molecule has 0 spiro atoms. The third-order valence-corrected chi connectivity index (χ3v) is 4.33. The first kappa shape index (κ1) is 13.0. The van der Waals surface area contributed by atoms with Gasteiger partial charge in [0, 0.05) is 6.04 Å². The van der Waals surface area contributed by atoms with Crippen molar-refractivity contribution < 1.29 is 4.74 Å². The Morgan fingerprint density at radius 3 is 2.74 bits per heavy atom. The minimum atomic E-state index is 0.486. The van der Waals surface area contributed by atoms with Crippen LogP contribution in [0.2, 0.25) is 0 Å². The van der Waals surface area contributed by atoms with Gasteiger partial charge in [-0.05, 0) is 49.4 Å². The van der Waals surface area contributed by atoms with Crippen molar-refractivity contribution in [3.8, 4) is 5.75 Å². The van der Waals surface area contributed by atoms with Crippen LogP contribution in [0.4, 0.5) is 0 Å². The molecule has 3 rings (SSSR count). The van der Waals surface area contributed by atoms with Crippen molar-refractivity contribution in [2.75, 3.05) is 6.54 Å². The van der Waals surface area contributed by atoms with Crippen molar-refractivity contribution in [2.45, 2.75) is 57.6 Å². The highest BCUT2D eigenvalue weighted by Gasteiger charge is 2.25. The first-order valence-electron chi connectivity index (χ1n) is 7.85. The minimum Gasteiger partial charge on any atom is -0.490 e. The van der Waals surface area contributed by atoms with Gasteiger partial charge in [0.1, 0.15) is 5.75 Å². The van der Waals surface area contributed by atoms with E-state index in [-0.39, 0.29) is 0 Å². The fourth-order valence-electron chi connectivity index (χ4n) is 2.83. The zero-order chi connectivity index (χ0) is 13.1. The van der Waals surface area contributed by atoms with Crippen LogP contribution in [0.15, 0.2) is 24.3 Å². The Morgan fingerprint density at radius 1 is 1.26 bits per heavy atom. The van der Waals surface area contributed by atoms with Crippen molar-refractivity contribution in [2.24, 2.45) is 5.92 Å². The van der Waals surface area contributed by atoms with Crippen molar-refractivity contribution in [1.29, 1.82) is 0 Å². The molecule has 1 unspecified atom stereocenters. The van der Waals surface area contributed by atoms with Gasteiger partial charge in [-0.2, -0.15) is 0 Å². The molecule has 0 aromatic heterocycles. The summed E-state index contributed by atoms with van der Waals surface area (Å²) in [6.45, 7) is 3.23. The van der Waals surface area contributed by atoms with Gasteiger partial charge >= 0.3 is 0 Å². The molecule has 2 saturated carbocycles. The van der Waals surface area contributed by atoms with Crippen LogP contribution in [0.1, 0.15) is 57.1 Å². The van der Waals surface area contributed by atoms with E-state index in [0.717, 1.165) is 18.2 Å². The van der Waals surface area contributed by atoms with Gasteiger partial charge in [0.2, 0.25) is 0 Å². The average Bonchev–Trinajstić information content (AvgIpc) is 3.16. The van der Waals surface area contributed by atoms with Gasteiger partial charge in [-0.15, -0.1) is 0 Å².